The van der Waals surface area contributed by atoms with Crippen LogP contribution in [0.1, 0.15) is 32.8 Å². The smallest absolute Gasteiger partial charge is 0.264 e. The summed E-state index contributed by atoms with van der Waals surface area (Å²) in [5, 5.41) is 2.92. The monoisotopic (exact) mass is 488 g/mol. The highest BCUT2D eigenvalue weighted by molar-refractivity contribution is 7.12. The molecule has 0 unspecified atom stereocenters. The third-order valence-corrected chi connectivity index (χ3v) is 7.27. The van der Waals surface area contributed by atoms with Gasteiger partial charge in [0, 0.05) is 43.8 Å². The lowest BCUT2D eigenvalue weighted by Crippen LogP contribution is -2.32. The molecule has 0 N–H and O–H groups in total. The Bertz CT molecular complexity index is 1380. The van der Waals surface area contributed by atoms with Crippen molar-refractivity contribution in [2.45, 2.75) is 26.8 Å². The van der Waals surface area contributed by atoms with Crippen LogP contribution in [0.2, 0.25) is 0 Å². The van der Waals surface area contributed by atoms with Gasteiger partial charge in [-0.2, -0.15) is 0 Å². The number of fused-ring (bicyclic) bond motifs is 2. The van der Waals surface area contributed by atoms with E-state index in [0.717, 1.165) is 55.9 Å². The molecular formula is C28H28N2O4S. The summed E-state index contributed by atoms with van der Waals surface area (Å²) in [6.45, 7) is 5.91. The van der Waals surface area contributed by atoms with Gasteiger partial charge < -0.3 is 19.1 Å². The van der Waals surface area contributed by atoms with Crippen molar-refractivity contribution in [3.05, 3.63) is 75.5 Å². The molecule has 0 atom stereocenters. The summed E-state index contributed by atoms with van der Waals surface area (Å²) in [6, 6.07) is 16.2. The van der Waals surface area contributed by atoms with Crippen LogP contribution in [0.3, 0.4) is 0 Å². The molecule has 1 amide bonds. The Morgan fingerprint density at radius 1 is 1.09 bits per heavy atom. The highest BCUT2D eigenvalue weighted by Crippen LogP contribution is 2.38. The first-order valence-corrected chi connectivity index (χ1v) is 12.5. The number of amides is 1. The van der Waals surface area contributed by atoms with Gasteiger partial charge >= 0.3 is 0 Å². The summed E-state index contributed by atoms with van der Waals surface area (Å²) in [6.07, 6.45) is 0.756. The fraction of sp³-hybridized carbons (Fsp3) is 0.286. The molecule has 0 fully saturated rings. The molecule has 35 heavy (non-hydrogen) atoms. The summed E-state index contributed by atoms with van der Waals surface area (Å²) < 4.78 is 16.5. The zero-order chi connectivity index (χ0) is 24.4. The average Bonchev–Trinajstić information content (AvgIpc) is 3.50. The number of aryl methyl sites for hydroxylation is 2. The van der Waals surface area contributed by atoms with Crippen LogP contribution in [0.25, 0.3) is 22.2 Å². The molecular weight excluding hydrogens is 460 g/mol. The van der Waals surface area contributed by atoms with Crippen molar-refractivity contribution in [3.63, 3.8) is 0 Å². The van der Waals surface area contributed by atoms with E-state index in [-0.39, 0.29) is 12.7 Å². The van der Waals surface area contributed by atoms with Crippen LogP contribution < -0.4 is 9.47 Å². The molecule has 0 saturated heterocycles. The van der Waals surface area contributed by atoms with Gasteiger partial charge in [0.1, 0.15) is 0 Å². The molecule has 0 spiro atoms. The first-order chi connectivity index (χ1) is 17.0. The molecule has 1 aliphatic rings. The third kappa shape index (κ3) is 4.74. The second-order valence-corrected chi connectivity index (χ2v) is 9.63. The lowest BCUT2D eigenvalue weighted by molar-refractivity contribution is 0.0728. The van der Waals surface area contributed by atoms with E-state index in [9.17, 15) is 4.79 Å². The van der Waals surface area contributed by atoms with E-state index in [1.165, 1.54) is 11.3 Å². The zero-order valence-electron chi connectivity index (χ0n) is 20.2. The van der Waals surface area contributed by atoms with Crippen LogP contribution >= 0.6 is 11.3 Å². The molecule has 1 aliphatic heterocycles. The Morgan fingerprint density at radius 3 is 2.63 bits per heavy atom. The number of ether oxygens (including phenoxy) is 3. The fourth-order valence-corrected chi connectivity index (χ4v) is 5.29. The number of thiophene rings is 1. The predicted octanol–water partition coefficient (Wildman–Crippen LogP) is 5.99. The minimum Gasteiger partial charge on any atom is -0.454 e. The molecule has 6 nitrogen and oxygen atoms in total. The maximum absolute atomic E-state index is 13.6. The first-order valence-electron chi connectivity index (χ1n) is 11.7. The maximum Gasteiger partial charge on any atom is 0.264 e. The number of carbonyl (C=O) groups is 1. The van der Waals surface area contributed by atoms with Gasteiger partial charge in [0.2, 0.25) is 6.79 Å². The van der Waals surface area contributed by atoms with E-state index in [1.54, 1.807) is 7.11 Å². The van der Waals surface area contributed by atoms with E-state index in [0.29, 0.717) is 25.4 Å². The number of nitrogens with zero attached hydrogens (tertiary/aromatic N) is 2. The number of methoxy groups -OCH3 is 1. The zero-order valence-corrected chi connectivity index (χ0v) is 21.0. The molecule has 2 aromatic heterocycles. The lowest BCUT2D eigenvalue weighted by Gasteiger charge is -2.24. The van der Waals surface area contributed by atoms with Gasteiger partial charge in [-0.3, -0.25) is 4.79 Å². The molecule has 180 valence electrons. The molecule has 0 aliphatic carbocycles. The second kappa shape index (κ2) is 10.1. The summed E-state index contributed by atoms with van der Waals surface area (Å²) in [4.78, 5) is 21.4. The minimum atomic E-state index is 0.0371. The summed E-state index contributed by atoms with van der Waals surface area (Å²) in [5.41, 5.74) is 5.89. The average molecular weight is 489 g/mol. The van der Waals surface area contributed by atoms with Crippen LogP contribution in [0, 0.1) is 13.8 Å². The van der Waals surface area contributed by atoms with Gasteiger partial charge in [-0.15, -0.1) is 11.3 Å². The van der Waals surface area contributed by atoms with Gasteiger partial charge in [0.15, 0.2) is 11.5 Å². The number of rotatable bonds is 8. The second-order valence-electron chi connectivity index (χ2n) is 8.71. The quantitative estimate of drug-likeness (QED) is 0.285. The highest BCUT2D eigenvalue weighted by Gasteiger charge is 2.23. The van der Waals surface area contributed by atoms with Crippen LogP contribution in [0.4, 0.5) is 0 Å². The van der Waals surface area contributed by atoms with Crippen LogP contribution in [-0.4, -0.2) is 42.8 Å². The Balaban J connectivity index is 1.61. The number of carbonyl (C=O) groups excluding carboxylic acids is 1. The Morgan fingerprint density at radius 2 is 1.89 bits per heavy atom. The van der Waals surface area contributed by atoms with Crippen molar-refractivity contribution in [2.75, 3.05) is 27.1 Å². The minimum absolute atomic E-state index is 0.0371. The van der Waals surface area contributed by atoms with Gasteiger partial charge in [0.25, 0.3) is 5.91 Å². The molecule has 3 heterocycles. The van der Waals surface area contributed by atoms with Crippen molar-refractivity contribution >= 4 is 28.1 Å². The van der Waals surface area contributed by atoms with Crippen LogP contribution in [0.15, 0.2) is 53.9 Å². The molecule has 0 radical (unpaired) electrons. The van der Waals surface area contributed by atoms with E-state index in [1.807, 2.05) is 47.5 Å². The lowest BCUT2D eigenvalue weighted by atomic mass is 9.98. The predicted molar refractivity (Wildman–Crippen MR) is 138 cm³/mol. The summed E-state index contributed by atoms with van der Waals surface area (Å²) >= 11 is 1.49. The Hall–Kier alpha value is -3.42. The number of aromatic nitrogens is 1. The van der Waals surface area contributed by atoms with Gasteiger partial charge in [-0.25, -0.2) is 4.98 Å². The Kier molecular flexibility index (Phi) is 6.70. The number of hydrogen-bond donors (Lipinski definition) is 0. The van der Waals surface area contributed by atoms with Gasteiger partial charge in [-0.05, 0) is 60.5 Å². The SMILES string of the molecule is COCCCN(Cc1cc2cc3c(cc2nc1-c1ccccc1C)OCO3)C(=O)c1sccc1C. The number of benzene rings is 2. The molecule has 0 bridgehead atoms. The summed E-state index contributed by atoms with van der Waals surface area (Å²) in [5.74, 6) is 1.46. The highest BCUT2D eigenvalue weighted by atomic mass is 32.1. The first kappa shape index (κ1) is 23.3. The summed E-state index contributed by atoms with van der Waals surface area (Å²) in [7, 11) is 1.68. The topological polar surface area (TPSA) is 60.9 Å². The van der Waals surface area contributed by atoms with Crippen molar-refractivity contribution < 1.29 is 19.0 Å². The molecule has 0 saturated carbocycles. The van der Waals surface area contributed by atoms with E-state index in [2.05, 4.69) is 25.1 Å². The molecule has 2 aromatic carbocycles. The standard InChI is InChI=1S/C28H28N2O4S/c1-18-7-4-5-8-22(18)26-21(13-20-14-24-25(34-17-33-24)15-23(20)29-26)16-30(10-6-11-32-3)28(31)27-19(2)9-12-35-27/h4-5,7-9,12-15H,6,10-11,16-17H2,1-3H3. The molecule has 4 aromatic rings. The van der Waals surface area contributed by atoms with E-state index < -0.39 is 0 Å². The molecule has 5 rings (SSSR count). The number of hydrogen-bond acceptors (Lipinski definition) is 6. The normalized spacial score (nSPS) is 12.3. The third-order valence-electron chi connectivity index (χ3n) is 6.27. The molecule has 7 heteroatoms. The largest absolute Gasteiger partial charge is 0.454 e. The van der Waals surface area contributed by atoms with E-state index >= 15 is 0 Å². The maximum atomic E-state index is 13.6. The fourth-order valence-electron chi connectivity index (χ4n) is 4.39. The van der Waals surface area contributed by atoms with Crippen molar-refractivity contribution in [1.82, 2.24) is 9.88 Å². The van der Waals surface area contributed by atoms with Crippen LogP contribution in [-0.2, 0) is 11.3 Å². The van der Waals surface area contributed by atoms with E-state index in [4.69, 9.17) is 19.2 Å². The Labute approximate surface area is 209 Å². The van der Waals surface area contributed by atoms with Gasteiger partial charge in [-0.1, -0.05) is 24.3 Å². The number of pyridine rings is 1. The van der Waals surface area contributed by atoms with Crippen molar-refractivity contribution in [2.24, 2.45) is 0 Å². The van der Waals surface area contributed by atoms with Crippen LogP contribution in [0.5, 0.6) is 11.5 Å². The van der Waals surface area contributed by atoms with Crippen molar-refractivity contribution in [3.8, 4) is 22.8 Å². The van der Waals surface area contributed by atoms with Crippen molar-refractivity contribution in [1.29, 1.82) is 0 Å². The van der Waals surface area contributed by atoms with Gasteiger partial charge in [0.05, 0.1) is 16.1 Å².